The van der Waals surface area contributed by atoms with Crippen molar-refractivity contribution in [1.29, 1.82) is 0 Å². The first-order chi connectivity index (χ1) is 10.4. The zero-order valence-electron chi connectivity index (χ0n) is 11.3. The van der Waals surface area contributed by atoms with Gasteiger partial charge in [-0.3, -0.25) is 0 Å². The van der Waals surface area contributed by atoms with E-state index in [-0.39, 0.29) is 0 Å². The van der Waals surface area contributed by atoms with Crippen LogP contribution >= 0.6 is 0 Å². The van der Waals surface area contributed by atoms with E-state index in [9.17, 15) is 0 Å². The van der Waals surface area contributed by atoms with E-state index in [4.69, 9.17) is 4.42 Å². The highest BCUT2D eigenvalue weighted by atomic mass is 16.3. The Hall–Kier alpha value is -2.80. The van der Waals surface area contributed by atoms with Crippen LogP contribution in [0.2, 0.25) is 0 Å². The van der Waals surface area contributed by atoms with Crippen molar-refractivity contribution in [2.75, 3.05) is 0 Å². The minimum absolute atomic E-state index is 0.968. The molecule has 1 heterocycles. The predicted octanol–water partition coefficient (Wildman–Crippen LogP) is 5.89. The molecule has 98 valence electrons. The third kappa shape index (κ3) is 1.35. The molecular formula is C20H12O. The van der Waals surface area contributed by atoms with Gasteiger partial charge in [0.05, 0.1) is 6.26 Å². The number of fused-ring (bicyclic) bond motifs is 8. The Morgan fingerprint density at radius 1 is 0.571 bits per heavy atom. The third-order valence-electron chi connectivity index (χ3n) is 4.30. The molecule has 1 heteroatoms. The summed E-state index contributed by atoms with van der Waals surface area (Å²) < 4.78 is 5.83. The molecule has 0 aliphatic heterocycles. The van der Waals surface area contributed by atoms with Gasteiger partial charge in [0.15, 0.2) is 0 Å². The molecule has 0 spiro atoms. The second kappa shape index (κ2) is 3.86. The average molecular weight is 268 g/mol. The Kier molecular flexibility index (Phi) is 2.01. The molecular weight excluding hydrogens is 256 g/mol. The molecule has 1 nitrogen and oxygen atoms in total. The fraction of sp³-hybridized carbons (Fsp3) is 0. The molecule has 0 radical (unpaired) electrons. The van der Waals surface area contributed by atoms with Crippen molar-refractivity contribution < 1.29 is 4.42 Å². The first-order valence-corrected chi connectivity index (χ1v) is 7.13. The smallest absolute Gasteiger partial charge is 0.142 e. The molecule has 0 unspecified atom stereocenters. The number of hydrogen-bond donors (Lipinski definition) is 0. The maximum absolute atomic E-state index is 5.83. The molecule has 0 bridgehead atoms. The van der Waals surface area contributed by atoms with Crippen LogP contribution in [0.25, 0.3) is 43.3 Å². The highest BCUT2D eigenvalue weighted by molar-refractivity contribution is 6.32. The van der Waals surface area contributed by atoms with Crippen LogP contribution in [0.4, 0.5) is 0 Å². The standard InChI is InChI=1S/C20H12O/c1-2-7-14-13(6-1)12-18-17-10-5-11-21-20(17)16-9-4-3-8-15(16)19(14)18/h1-12H. The van der Waals surface area contributed by atoms with Gasteiger partial charge >= 0.3 is 0 Å². The summed E-state index contributed by atoms with van der Waals surface area (Å²) in [4.78, 5) is 0. The average Bonchev–Trinajstić information content (AvgIpc) is 2.95. The molecule has 0 atom stereocenters. The van der Waals surface area contributed by atoms with Gasteiger partial charge in [-0.25, -0.2) is 0 Å². The largest absolute Gasteiger partial charge is 0.464 e. The minimum atomic E-state index is 0.968. The van der Waals surface area contributed by atoms with Gasteiger partial charge in [0.2, 0.25) is 0 Å². The van der Waals surface area contributed by atoms with E-state index in [1.165, 1.54) is 37.7 Å². The van der Waals surface area contributed by atoms with Crippen LogP contribution in [0, 0.1) is 0 Å². The topological polar surface area (TPSA) is 13.1 Å². The molecule has 0 aliphatic rings. The maximum atomic E-state index is 5.83. The van der Waals surface area contributed by atoms with Gasteiger partial charge in [-0.15, -0.1) is 0 Å². The monoisotopic (exact) mass is 268 g/mol. The Labute approximate surface area is 121 Å². The summed E-state index contributed by atoms with van der Waals surface area (Å²) in [5.41, 5.74) is 0.968. The Morgan fingerprint density at radius 2 is 1.24 bits per heavy atom. The molecule has 5 rings (SSSR count). The van der Waals surface area contributed by atoms with Crippen molar-refractivity contribution in [1.82, 2.24) is 0 Å². The molecule has 0 N–H and O–H groups in total. The SMILES string of the molecule is c1ccc2c(c1)cc1c3cccoc3c3ccccc3c21. The van der Waals surface area contributed by atoms with Crippen LogP contribution in [-0.2, 0) is 0 Å². The fourth-order valence-corrected chi connectivity index (χ4v) is 3.43. The lowest BCUT2D eigenvalue weighted by Gasteiger charge is -2.06. The Morgan fingerprint density at radius 3 is 2.14 bits per heavy atom. The number of hydrogen-bond acceptors (Lipinski definition) is 1. The van der Waals surface area contributed by atoms with Crippen molar-refractivity contribution in [3.63, 3.8) is 0 Å². The summed E-state index contributed by atoms with van der Waals surface area (Å²) >= 11 is 0. The van der Waals surface area contributed by atoms with E-state index in [0.717, 1.165) is 5.58 Å². The van der Waals surface area contributed by atoms with Crippen LogP contribution < -0.4 is 0 Å². The van der Waals surface area contributed by atoms with Gasteiger partial charge in [-0.2, -0.15) is 0 Å². The molecule has 0 amide bonds. The van der Waals surface area contributed by atoms with Crippen molar-refractivity contribution in [3.8, 4) is 0 Å². The van der Waals surface area contributed by atoms with Crippen molar-refractivity contribution in [2.45, 2.75) is 0 Å². The molecule has 0 saturated carbocycles. The van der Waals surface area contributed by atoms with Crippen molar-refractivity contribution in [2.24, 2.45) is 0 Å². The molecule has 0 saturated heterocycles. The summed E-state index contributed by atoms with van der Waals surface area (Å²) in [5, 5.41) is 8.82. The quantitative estimate of drug-likeness (QED) is 0.319. The minimum Gasteiger partial charge on any atom is -0.464 e. The van der Waals surface area contributed by atoms with E-state index in [0.29, 0.717) is 0 Å². The summed E-state index contributed by atoms with van der Waals surface area (Å²) in [7, 11) is 0. The summed E-state index contributed by atoms with van der Waals surface area (Å²) in [5.74, 6) is 0. The van der Waals surface area contributed by atoms with Gasteiger partial charge in [0, 0.05) is 10.8 Å². The van der Waals surface area contributed by atoms with E-state index in [1.807, 2.05) is 6.07 Å². The van der Waals surface area contributed by atoms with Gasteiger partial charge in [0.25, 0.3) is 0 Å². The second-order valence-electron chi connectivity index (χ2n) is 5.42. The molecule has 5 aromatic rings. The summed E-state index contributed by atoms with van der Waals surface area (Å²) in [6.45, 7) is 0. The molecule has 1 aromatic heterocycles. The molecule has 0 aliphatic carbocycles. The lowest BCUT2D eigenvalue weighted by Crippen LogP contribution is -1.79. The summed E-state index contributed by atoms with van der Waals surface area (Å²) in [6.07, 6.45) is 1.75. The van der Waals surface area contributed by atoms with Crippen LogP contribution in [0.3, 0.4) is 0 Å². The van der Waals surface area contributed by atoms with Crippen molar-refractivity contribution >= 4 is 43.3 Å². The first kappa shape index (κ1) is 10.9. The van der Waals surface area contributed by atoms with Crippen LogP contribution in [-0.4, -0.2) is 0 Å². The van der Waals surface area contributed by atoms with Gasteiger partial charge in [0.1, 0.15) is 5.58 Å². The van der Waals surface area contributed by atoms with Crippen LogP contribution in [0.1, 0.15) is 0 Å². The third-order valence-corrected chi connectivity index (χ3v) is 4.30. The van der Waals surface area contributed by atoms with Crippen molar-refractivity contribution in [3.05, 3.63) is 73.0 Å². The molecule has 0 fully saturated rings. The Balaban J connectivity index is 2.25. The molecule has 21 heavy (non-hydrogen) atoms. The van der Waals surface area contributed by atoms with E-state index >= 15 is 0 Å². The number of benzene rings is 3. The van der Waals surface area contributed by atoms with E-state index in [1.54, 1.807) is 6.26 Å². The summed E-state index contributed by atoms with van der Waals surface area (Å²) in [6, 6.07) is 23.5. The van der Waals surface area contributed by atoms with Crippen LogP contribution in [0.5, 0.6) is 0 Å². The van der Waals surface area contributed by atoms with E-state index in [2.05, 4.69) is 60.7 Å². The van der Waals surface area contributed by atoms with E-state index < -0.39 is 0 Å². The normalized spacial score (nSPS) is 11.8. The lowest BCUT2D eigenvalue weighted by molar-refractivity contribution is 0.607. The highest BCUT2D eigenvalue weighted by Crippen LogP contribution is 2.40. The zero-order chi connectivity index (χ0) is 13.8. The molecule has 4 aromatic carbocycles. The number of rotatable bonds is 0. The highest BCUT2D eigenvalue weighted by Gasteiger charge is 2.13. The van der Waals surface area contributed by atoms with Gasteiger partial charge in [-0.1, -0.05) is 48.5 Å². The lowest BCUT2D eigenvalue weighted by atomic mass is 10.00. The second-order valence-corrected chi connectivity index (χ2v) is 5.42. The zero-order valence-corrected chi connectivity index (χ0v) is 11.3. The van der Waals surface area contributed by atoms with Gasteiger partial charge in [-0.05, 0) is 45.1 Å². The van der Waals surface area contributed by atoms with Gasteiger partial charge < -0.3 is 4.42 Å². The maximum Gasteiger partial charge on any atom is 0.142 e. The van der Waals surface area contributed by atoms with Crippen LogP contribution in [0.15, 0.2) is 77.4 Å². The first-order valence-electron chi connectivity index (χ1n) is 7.13. The Bertz CT molecular complexity index is 1130. The fourth-order valence-electron chi connectivity index (χ4n) is 3.43. The predicted molar refractivity (Wildman–Crippen MR) is 88.7 cm³/mol.